The van der Waals surface area contributed by atoms with Crippen LogP contribution in [0.2, 0.25) is 5.02 Å². The minimum Gasteiger partial charge on any atom is -0.465 e. The zero-order chi connectivity index (χ0) is 13.8. The van der Waals surface area contributed by atoms with E-state index < -0.39 is 5.82 Å². The van der Waals surface area contributed by atoms with Crippen molar-refractivity contribution >= 4 is 17.6 Å². The highest BCUT2D eigenvalue weighted by molar-refractivity contribution is 6.31. The summed E-state index contributed by atoms with van der Waals surface area (Å²) in [4.78, 5) is 13.6. The van der Waals surface area contributed by atoms with E-state index in [1.165, 1.54) is 6.07 Å². The largest absolute Gasteiger partial charge is 0.465 e. The van der Waals surface area contributed by atoms with Gasteiger partial charge < -0.3 is 4.74 Å². The highest BCUT2D eigenvalue weighted by Gasteiger charge is 2.31. The Morgan fingerprint density at radius 2 is 2.26 bits per heavy atom. The van der Waals surface area contributed by atoms with E-state index in [0.717, 1.165) is 12.8 Å². The van der Waals surface area contributed by atoms with Crippen LogP contribution >= 0.6 is 11.6 Å². The number of rotatable bonds is 6. The minimum atomic E-state index is -0.425. The Labute approximate surface area is 117 Å². The molecule has 0 radical (unpaired) electrons. The van der Waals surface area contributed by atoms with Gasteiger partial charge in [-0.3, -0.25) is 9.69 Å². The number of halogens is 2. The van der Waals surface area contributed by atoms with E-state index in [2.05, 4.69) is 0 Å². The molecule has 1 aromatic rings. The maximum atomic E-state index is 13.4. The van der Waals surface area contributed by atoms with Gasteiger partial charge in [-0.05, 0) is 31.4 Å². The van der Waals surface area contributed by atoms with Crippen molar-refractivity contribution in [3.63, 3.8) is 0 Å². The second kappa shape index (κ2) is 6.35. The molecule has 0 atom stereocenters. The maximum Gasteiger partial charge on any atom is 0.320 e. The number of esters is 1. The van der Waals surface area contributed by atoms with Crippen molar-refractivity contribution in [1.29, 1.82) is 0 Å². The molecule has 0 aromatic heterocycles. The molecular weight excluding hydrogens is 269 g/mol. The van der Waals surface area contributed by atoms with Crippen molar-refractivity contribution in [2.75, 3.05) is 13.2 Å². The topological polar surface area (TPSA) is 29.5 Å². The molecule has 104 valence electrons. The average molecular weight is 286 g/mol. The van der Waals surface area contributed by atoms with Gasteiger partial charge in [0, 0.05) is 12.6 Å². The van der Waals surface area contributed by atoms with Crippen molar-refractivity contribution in [3.8, 4) is 0 Å². The van der Waals surface area contributed by atoms with Crippen molar-refractivity contribution in [1.82, 2.24) is 4.90 Å². The van der Waals surface area contributed by atoms with Crippen molar-refractivity contribution < 1.29 is 13.9 Å². The SMILES string of the molecule is CCOC(=O)CN(Cc1cccc(F)c1Cl)C1CC1. The number of nitrogens with zero attached hydrogens (tertiary/aromatic N) is 1. The Morgan fingerprint density at radius 1 is 1.53 bits per heavy atom. The monoisotopic (exact) mass is 285 g/mol. The van der Waals surface area contributed by atoms with E-state index >= 15 is 0 Å². The summed E-state index contributed by atoms with van der Waals surface area (Å²) in [5, 5.41) is 0.136. The highest BCUT2D eigenvalue weighted by Crippen LogP contribution is 2.30. The lowest BCUT2D eigenvalue weighted by atomic mass is 10.2. The molecule has 3 nitrogen and oxygen atoms in total. The molecule has 0 spiro atoms. The van der Waals surface area contributed by atoms with Crippen LogP contribution in [0.15, 0.2) is 18.2 Å². The Balaban J connectivity index is 2.04. The summed E-state index contributed by atoms with van der Waals surface area (Å²) in [7, 11) is 0. The number of hydrogen-bond donors (Lipinski definition) is 0. The molecule has 0 heterocycles. The van der Waals surface area contributed by atoms with Crippen LogP contribution in [0.5, 0.6) is 0 Å². The summed E-state index contributed by atoms with van der Waals surface area (Å²) < 4.78 is 18.3. The molecule has 2 rings (SSSR count). The molecule has 1 aliphatic carbocycles. The maximum absolute atomic E-state index is 13.4. The third-order valence-corrected chi connectivity index (χ3v) is 3.53. The van der Waals surface area contributed by atoms with Crippen LogP contribution in [0, 0.1) is 5.82 Å². The third kappa shape index (κ3) is 3.91. The van der Waals surface area contributed by atoms with Crippen molar-refractivity contribution in [3.05, 3.63) is 34.6 Å². The molecule has 0 amide bonds. The normalized spacial score (nSPS) is 14.7. The second-order valence-electron chi connectivity index (χ2n) is 4.65. The molecule has 0 saturated heterocycles. The fraction of sp³-hybridized carbons (Fsp3) is 0.500. The lowest BCUT2D eigenvalue weighted by Gasteiger charge is -2.21. The van der Waals surface area contributed by atoms with Gasteiger partial charge in [0.2, 0.25) is 0 Å². The van der Waals surface area contributed by atoms with Gasteiger partial charge in [-0.1, -0.05) is 23.7 Å². The van der Waals surface area contributed by atoms with Gasteiger partial charge >= 0.3 is 5.97 Å². The Hall–Kier alpha value is -1.13. The van der Waals surface area contributed by atoms with E-state index in [-0.39, 0.29) is 17.5 Å². The zero-order valence-corrected chi connectivity index (χ0v) is 11.6. The summed E-state index contributed by atoms with van der Waals surface area (Å²) in [6.45, 7) is 2.85. The van der Waals surface area contributed by atoms with Gasteiger partial charge in [0.15, 0.2) is 0 Å². The van der Waals surface area contributed by atoms with Gasteiger partial charge in [0.1, 0.15) is 5.82 Å². The van der Waals surface area contributed by atoms with Gasteiger partial charge in [-0.2, -0.15) is 0 Å². The lowest BCUT2D eigenvalue weighted by Crippen LogP contribution is -2.32. The number of carbonyl (C=O) groups excluding carboxylic acids is 1. The van der Waals surface area contributed by atoms with Crippen LogP contribution in [0.3, 0.4) is 0 Å². The number of ether oxygens (including phenoxy) is 1. The second-order valence-corrected chi connectivity index (χ2v) is 5.03. The predicted molar refractivity (Wildman–Crippen MR) is 71.5 cm³/mol. The van der Waals surface area contributed by atoms with Crippen LogP contribution in [0.25, 0.3) is 0 Å². The fourth-order valence-corrected chi connectivity index (χ4v) is 2.20. The number of hydrogen-bond acceptors (Lipinski definition) is 3. The van der Waals surface area contributed by atoms with Crippen LogP contribution in [-0.2, 0) is 16.1 Å². The van der Waals surface area contributed by atoms with E-state index in [1.807, 2.05) is 4.90 Å². The molecule has 0 bridgehead atoms. The van der Waals surface area contributed by atoms with Gasteiger partial charge in [0.25, 0.3) is 0 Å². The number of carbonyl (C=O) groups is 1. The first-order chi connectivity index (χ1) is 9.11. The zero-order valence-electron chi connectivity index (χ0n) is 10.9. The molecule has 1 aromatic carbocycles. The molecule has 0 aliphatic heterocycles. The molecule has 5 heteroatoms. The molecule has 1 aliphatic rings. The summed E-state index contributed by atoms with van der Waals surface area (Å²) >= 11 is 5.94. The Bertz CT molecular complexity index is 463. The molecular formula is C14H17ClFNO2. The van der Waals surface area contributed by atoms with Crippen LogP contribution < -0.4 is 0 Å². The van der Waals surface area contributed by atoms with E-state index in [9.17, 15) is 9.18 Å². The highest BCUT2D eigenvalue weighted by atomic mass is 35.5. The van der Waals surface area contributed by atoms with Gasteiger partial charge in [-0.15, -0.1) is 0 Å². The average Bonchev–Trinajstić information content (AvgIpc) is 3.18. The molecule has 1 fully saturated rings. The van der Waals surface area contributed by atoms with E-state index in [4.69, 9.17) is 16.3 Å². The third-order valence-electron chi connectivity index (χ3n) is 3.11. The summed E-state index contributed by atoms with van der Waals surface area (Å²) in [6.07, 6.45) is 2.12. The minimum absolute atomic E-state index is 0.136. The quantitative estimate of drug-likeness (QED) is 0.753. The summed E-state index contributed by atoms with van der Waals surface area (Å²) in [6, 6.07) is 5.13. The molecule has 0 N–H and O–H groups in total. The van der Waals surface area contributed by atoms with Crippen molar-refractivity contribution in [2.45, 2.75) is 32.4 Å². The smallest absolute Gasteiger partial charge is 0.320 e. The van der Waals surface area contributed by atoms with Crippen LogP contribution in [0.1, 0.15) is 25.3 Å². The van der Waals surface area contributed by atoms with E-state index in [1.54, 1.807) is 19.1 Å². The fourth-order valence-electron chi connectivity index (χ4n) is 2.02. The standard InChI is InChI=1S/C14H17ClFNO2/c1-2-19-13(18)9-17(11-6-7-11)8-10-4-3-5-12(16)14(10)15/h3-5,11H,2,6-9H2,1H3. The van der Waals surface area contributed by atoms with Gasteiger partial charge in [0.05, 0.1) is 18.2 Å². The lowest BCUT2D eigenvalue weighted by molar-refractivity contribution is -0.144. The summed E-state index contributed by atoms with van der Waals surface area (Å²) in [5.41, 5.74) is 0.706. The molecule has 19 heavy (non-hydrogen) atoms. The van der Waals surface area contributed by atoms with Crippen molar-refractivity contribution in [2.24, 2.45) is 0 Å². The molecule has 0 unspecified atom stereocenters. The number of benzene rings is 1. The van der Waals surface area contributed by atoms with E-state index in [0.29, 0.717) is 24.8 Å². The van der Waals surface area contributed by atoms with Crippen LogP contribution in [-0.4, -0.2) is 30.1 Å². The summed E-state index contributed by atoms with van der Waals surface area (Å²) in [5.74, 6) is -0.673. The Morgan fingerprint density at radius 3 is 2.89 bits per heavy atom. The Kier molecular flexibility index (Phi) is 4.77. The first kappa shape index (κ1) is 14.3. The predicted octanol–water partition coefficient (Wildman–Crippen LogP) is 3.01. The molecule has 1 saturated carbocycles. The van der Waals surface area contributed by atoms with Gasteiger partial charge in [-0.25, -0.2) is 4.39 Å². The van der Waals surface area contributed by atoms with Crippen LogP contribution in [0.4, 0.5) is 4.39 Å². The first-order valence-electron chi connectivity index (χ1n) is 6.44. The first-order valence-corrected chi connectivity index (χ1v) is 6.82.